The molecular weight excluding hydrogens is 456 g/mol. The van der Waals surface area contributed by atoms with Gasteiger partial charge < -0.3 is 25.0 Å². The number of anilines is 2. The Kier molecular flexibility index (Phi) is 6.75. The number of benzene rings is 3. The van der Waals surface area contributed by atoms with Crippen LogP contribution in [0.2, 0.25) is 0 Å². The molecule has 0 aliphatic carbocycles. The van der Waals surface area contributed by atoms with E-state index < -0.39 is 23.8 Å². The Labute approximate surface area is 210 Å². The summed E-state index contributed by atoms with van der Waals surface area (Å²) in [5, 5.41) is 17.5. The van der Waals surface area contributed by atoms with E-state index in [0.29, 0.717) is 22.7 Å². The molecule has 1 aliphatic heterocycles. The molecule has 0 radical (unpaired) electrons. The number of hydrogen-bond donors (Lipinski definition) is 2. The minimum atomic E-state index is -0.918. The number of methoxy groups -OCH3 is 1. The second-order valence-corrected chi connectivity index (χ2v) is 9.79. The summed E-state index contributed by atoms with van der Waals surface area (Å²) in [6.07, 6.45) is -0.680. The third-order valence-electron chi connectivity index (χ3n) is 6.04. The van der Waals surface area contributed by atoms with Crippen LogP contribution in [-0.4, -0.2) is 36.8 Å². The number of ether oxygens (including phenoxy) is 2. The topological polar surface area (TPSA) is 104 Å². The van der Waals surface area contributed by atoms with Crippen LogP contribution in [-0.2, 0) is 16.1 Å². The Morgan fingerprint density at radius 2 is 1.92 bits per heavy atom. The first-order valence-electron chi connectivity index (χ1n) is 11.8. The lowest BCUT2D eigenvalue weighted by atomic mass is 10.0. The zero-order valence-electron chi connectivity index (χ0n) is 21.1. The molecule has 0 unspecified atom stereocenters. The summed E-state index contributed by atoms with van der Waals surface area (Å²) in [6.45, 7) is 7.30. The molecule has 4 rings (SSSR count). The largest absolute Gasteiger partial charge is 0.496 e. The van der Waals surface area contributed by atoms with Crippen LogP contribution in [0.4, 0.5) is 16.2 Å². The summed E-state index contributed by atoms with van der Waals surface area (Å²) in [5.41, 5.74) is 1.82. The van der Waals surface area contributed by atoms with E-state index in [1.165, 1.54) is 0 Å². The van der Waals surface area contributed by atoms with Crippen molar-refractivity contribution >= 4 is 34.1 Å². The molecule has 0 bridgehead atoms. The molecule has 0 aromatic heterocycles. The highest BCUT2D eigenvalue weighted by molar-refractivity contribution is 6.04. The Balaban J connectivity index is 1.81. The van der Waals surface area contributed by atoms with Gasteiger partial charge in [0.05, 0.1) is 42.7 Å². The lowest BCUT2D eigenvalue weighted by Crippen LogP contribution is -2.55. The van der Waals surface area contributed by atoms with Gasteiger partial charge in [-0.2, -0.15) is 5.26 Å². The fraction of sp³-hybridized carbons (Fsp3) is 0.321. The molecule has 0 spiro atoms. The molecule has 186 valence electrons. The first-order valence-corrected chi connectivity index (χ1v) is 11.8. The van der Waals surface area contributed by atoms with Crippen LogP contribution >= 0.6 is 0 Å². The van der Waals surface area contributed by atoms with Crippen molar-refractivity contribution in [2.75, 3.05) is 17.3 Å². The molecule has 0 saturated carbocycles. The van der Waals surface area contributed by atoms with Gasteiger partial charge in [-0.25, -0.2) is 4.79 Å². The van der Waals surface area contributed by atoms with Crippen LogP contribution in [0.25, 0.3) is 10.8 Å². The fourth-order valence-corrected chi connectivity index (χ4v) is 4.40. The molecule has 0 saturated heterocycles. The summed E-state index contributed by atoms with van der Waals surface area (Å²) >= 11 is 0. The number of fused-ring (bicyclic) bond motifs is 2. The second kappa shape index (κ2) is 9.78. The predicted octanol–water partition coefficient (Wildman–Crippen LogP) is 4.96. The molecule has 1 aliphatic rings. The summed E-state index contributed by atoms with van der Waals surface area (Å²) in [6, 6.07) is 17.7. The number of carbonyl (C=O) groups is 2. The maximum absolute atomic E-state index is 14.0. The molecule has 0 fully saturated rings. The lowest BCUT2D eigenvalue weighted by Gasteiger charge is -2.29. The van der Waals surface area contributed by atoms with Crippen molar-refractivity contribution in [2.24, 2.45) is 0 Å². The van der Waals surface area contributed by atoms with E-state index in [9.17, 15) is 14.9 Å². The zero-order chi connectivity index (χ0) is 26.0. The molecule has 3 aromatic carbocycles. The molecule has 36 heavy (non-hydrogen) atoms. The van der Waals surface area contributed by atoms with E-state index in [1.807, 2.05) is 43.3 Å². The summed E-state index contributed by atoms with van der Waals surface area (Å²) in [7, 11) is 1.60. The van der Waals surface area contributed by atoms with E-state index >= 15 is 0 Å². The van der Waals surface area contributed by atoms with Crippen LogP contribution < -0.4 is 20.3 Å². The minimum absolute atomic E-state index is 0.198. The molecule has 2 amide bonds. The maximum atomic E-state index is 14.0. The number of rotatable bonds is 4. The molecular formula is C28H30N4O4. The van der Waals surface area contributed by atoms with Gasteiger partial charge in [-0.15, -0.1) is 0 Å². The first-order chi connectivity index (χ1) is 17.1. The Morgan fingerprint density at radius 1 is 1.17 bits per heavy atom. The van der Waals surface area contributed by atoms with Crippen LogP contribution in [0, 0.1) is 11.3 Å². The number of hydrogen-bond acceptors (Lipinski definition) is 6. The quantitative estimate of drug-likeness (QED) is 0.540. The predicted molar refractivity (Wildman–Crippen MR) is 139 cm³/mol. The van der Waals surface area contributed by atoms with Crippen LogP contribution in [0.15, 0.2) is 54.6 Å². The highest BCUT2D eigenvalue weighted by atomic mass is 16.6. The van der Waals surface area contributed by atoms with Crippen molar-refractivity contribution in [3.05, 3.63) is 65.7 Å². The molecule has 8 heteroatoms. The van der Waals surface area contributed by atoms with Gasteiger partial charge in [-0.3, -0.25) is 4.79 Å². The van der Waals surface area contributed by atoms with Crippen molar-refractivity contribution in [3.63, 3.8) is 0 Å². The maximum Gasteiger partial charge on any atom is 0.408 e. The van der Waals surface area contributed by atoms with Gasteiger partial charge in [0.1, 0.15) is 17.4 Å². The van der Waals surface area contributed by atoms with Gasteiger partial charge in [-0.05, 0) is 62.7 Å². The van der Waals surface area contributed by atoms with Gasteiger partial charge >= 0.3 is 6.09 Å². The normalized spacial score (nSPS) is 17.4. The SMILES string of the molecule is COc1ccc2ccccc2c1CN1C(=O)[C@@H](NC(=O)OC(C)(C)C)[C@H](C)Nc2cc(C#N)ccc21. The van der Waals surface area contributed by atoms with E-state index in [2.05, 4.69) is 16.7 Å². The molecule has 2 atom stereocenters. The van der Waals surface area contributed by atoms with Gasteiger partial charge in [0.2, 0.25) is 0 Å². The third-order valence-corrected chi connectivity index (χ3v) is 6.04. The molecule has 8 nitrogen and oxygen atoms in total. The average Bonchev–Trinajstić information content (AvgIpc) is 2.92. The van der Waals surface area contributed by atoms with Crippen molar-refractivity contribution in [3.8, 4) is 11.8 Å². The molecule has 3 aromatic rings. The number of alkyl carbamates (subject to hydrolysis) is 1. The molecule has 1 heterocycles. The smallest absolute Gasteiger partial charge is 0.408 e. The van der Waals surface area contributed by atoms with E-state index in [-0.39, 0.29) is 12.5 Å². The van der Waals surface area contributed by atoms with Crippen molar-refractivity contribution < 1.29 is 19.1 Å². The summed E-state index contributed by atoms with van der Waals surface area (Å²) in [4.78, 5) is 28.3. The van der Waals surface area contributed by atoms with Crippen LogP contribution in [0.3, 0.4) is 0 Å². The number of nitriles is 1. The number of nitrogens with zero attached hydrogens (tertiary/aromatic N) is 2. The standard InChI is InChI=1S/C28H30N4O4/c1-17-25(31-27(34)36-28(2,3)4)26(33)32(23-12-10-18(15-29)14-22(23)30-17)16-21-20-9-7-6-8-19(20)11-13-24(21)35-5/h6-14,17,25,30H,16H2,1-5H3,(H,31,34)/t17-,25-/m0/s1. The van der Waals surface area contributed by atoms with Gasteiger partial charge in [-0.1, -0.05) is 30.3 Å². The summed E-state index contributed by atoms with van der Waals surface area (Å²) < 4.78 is 11.1. The van der Waals surface area contributed by atoms with Crippen molar-refractivity contribution in [1.29, 1.82) is 5.26 Å². The second-order valence-electron chi connectivity index (χ2n) is 9.79. The Hall–Kier alpha value is -4.25. The Morgan fingerprint density at radius 3 is 2.61 bits per heavy atom. The van der Waals surface area contributed by atoms with Crippen LogP contribution in [0.5, 0.6) is 5.75 Å². The fourth-order valence-electron chi connectivity index (χ4n) is 4.40. The first kappa shape index (κ1) is 24.9. The lowest BCUT2D eigenvalue weighted by molar-refractivity contribution is -0.120. The van der Waals surface area contributed by atoms with Gasteiger partial charge in [0.25, 0.3) is 5.91 Å². The zero-order valence-corrected chi connectivity index (χ0v) is 21.1. The van der Waals surface area contributed by atoms with Gasteiger partial charge in [0.15, 0.2) is 0 Å². The van der Waals surface area contributed by atoms with E-state index in [0.717, 1.165) is 16.3 Å². The number of nitrogens with one attached hydrogen (secondary N) is 2. The number of amides is 2. The minimum Gasteiger partial charge on any atom is -0.496 e. The van der Waals surface area contributed by atoms with Gasteiger partial charge in [0, 0.05) is 5.56 Å². The Bertz CT molecular complexity index is 1360. The van der Waals surface area contributed by atoms with Crippen molar-refractivity contribution in [1.82, 2.24) is 5.32 Å². The molecule has 2 N–H and O–H groups in total. The van der Waals surface area contributed by atoms with E-state index in [4.69, 9.17) is 9.47 Å². The monoisotopic (exact) mass is 486 g/mol. The highest BCUT2D eigenvalue weighted by Gasteiger charge is 2.37. The highest BCUT2D eigenvalue weighted by Crippen LogP contribution is 2.36. The summed E-state index contributed by atoms with van der Waals surface area (Å²) in [5.74, 6) is 0.345. The average molecular weight is 487 g/mol. The number of carbonyl (C=O) groups excluding carboxylic acids is 2. The van der Waals surface area contributed by atoms with Crippen LogP contribution in [0.1, 0.15) is 38.8 Å². The third kappa shape index (κ3) is 5.05. The van der Waals surface area contributed by atoms with E-state index in [1.54, 1.807) is 51.0 Å². The van der Waals surface area contributed by atoms with Crippen molar-refractivity contribution in [2.45, 2.75) is 51.9 Å².